The van der Waals surface area contributed by atoms with Gasteiger partial charge in [-0.25, -0.2) is 0 Å². The van der Waals surface area contributed by atoms with Crippen LogP contribution in [-0.2, 0) is 9.53 Å². The van der Waals surface area contributed by atoms with Gasteiger partial charge in [0.25, 0.3) is 0 Å². The Kier molecular flexibility index (Phi) is 14.7. The van der Waals surface area contributed by atoms with Gasteiger partial charge in [-0.15, -0.1) is 12.4 Å². The molecule has 0 rings (SSSR count). The van der Waals surface area contributed by atoms with Crippen molar-refractivity contribution in [3.63, 3.8) is 0 Å². The van der Waals surface area contributed by atoms with Crippen LogP contribution in [0.1, 0.15) is 45.4 Å². The molecule has 0 heterocycles. The van der Waals surface area contributed by atoms with Crippen LogP contribution < -0.4 is 5.73 Å². The van der Waals surface area contributed by atoms with Crippen LogP contribution in [0.4, 0.5) is 0 Å². The fraction of sp³-hybridized carbons (Fsp3) is 0.900. The van der Waals surface area contributed by atoms with Crippen LogP contribution in [0.5, 0.6) is 0 Å². The summed E-state index contributed by atoms with van der Waals surface area (Å²) >= 11 is 0. The van der Waals surface area contributed by atoms with Crippen LogP contribution in [-0.4, -0.2) is 19.1 Å². The molecule has 0 saturated heterocycles. The van der Waals surface area contributed by atoms with Crippen LogP contribution in [0.3, 0.4) is 0 Å². The van der Waals surface area contributed by atoms with E-state index in [4.69, 9.17) is 10.5 Å². The van der Waals surface area contributed by atoms with Crippen molar-refractivity contribution < 1.29 is 9.53 Å². The Morgan fingerprint density at radius 3 is 2.50 bits per heavy atom. The summed E-state index contributed by atoms with van der Waals surface area (Å²) in [5, 5.41) is 0. The maximum Gasteiger partial charge on any atom is 0.305 e. The quantitative estimate of drug-likeness (QED) is 0.507. The zero-order valence-electron chi connectivity index (χ0n) is 8.96. The second-order valence-electron chi connectivity index (χ2n) is 3.17. The van der Waals surface area contributed by atoms with Crippen LogP contribution >= 0.6 is 12.4 Å². The van der Waals surface area contributed by atoms with Gasteiger partial charge in [-0.3, -0.25) is 4.79 Å². The molecule has 0 fully saturated rings. The third-order valence-corrected chi connectivity index (χ3v) is 1.85. The lowest BCUT2D eigenvalue weighted by molar-refractivity contribution is -0.143. The number of halogens is 1. The standard InChI is InChI=1S/C10H21NO2.ClH/c1-2-3-4-5-9-13-10(12)7-6-8-11;/h2-9,11H2,1H3;1H. The van der Waals surface area contributed by atoms with Gasteiger partial charge in [-0.2, -0.15) is 0 Å². The van der Waals surface area contributed by atoms with Gasteiger partial charge in [0.05, 0.1) is 6.61 Å². The summed E-state index contributed by atoms with van der Waals surface area (Å²) in [6, 6.07) is 0. The lowest BCUT2D eigenvalue weighted by Gasteiger charge is -2.03. The highest BCUT2D eigenvalue weighted by Gasteiger charge is 2.00. The van der Waals surface area contributed by atoms with Gasteiger partial charge in [0, 0.05) is 6.42 Å². The van der Waals surface area contributed by atoms with E-state index in [-0.39, 0.29) is 18.4 Å². The first kappa shape index (κ1) is 16.2. The molecular weight excluding hydrogens is 202 g/mol. The van der Waals surface area contributed by atoms with Gasteiger partial charge in [-0.05, 0) is 19.4 Å². The molecule has 86 valence electrons. The molecule has 0 aliphatic carbocycles. The third kappa shape index (κ3) is 11.7. The van der Waals surface area contributed by atoms with E-state index in [1.807, 2.05) is 0 Å². The molecule has 4 heteroatoms. The largest absolute Gasteiger partial charge is 0.466 e. The number of nitrogens with two attached hydrogens (primary N) is 1. The minimum absolute atomic E-state index is 0. The monoisotopic (exact) mass is 223 g/mol. The number of hydrogen-bond donors (Lipinski definition) is 1. The van der Waals surface area contributed by atoms with Crippen LogP contribution in [0.15, 0.2) is 0 Å². The Morgan fingerprint density at radius 2 is 1.93 bits per heavy atom. The molecule has 3 nitrogen and oxygen atoms in total. The van der Waals surface area contributed by atoms with Crippen molar-refractivity contribution >= 4 is 18.4 Å². The number of ether oxygens (including phenoxy) is 1. The molecule has 0 radical (unpaired) electrons. The molecule has 2 N–H and O–H groups in total. The Balaban J connectivity index is 0. The van der Waals surface area contributed by atoms with Crippen molar-refractivity contribution in [2.45, 2.75) is 45.4 Å². The molecule has 0 saturated carbocycles. The molecule has 0 aliphatic rings. The molecule has 0 spiro atoms. The predicted molar refractivity (Wildman–Crippen MR) is 60.6 cm³/mol. The number of carbonyl (C=O) groups is 1. The Bertz CT molecular complexity index is 131. The second kappa shape index (κ2) is 12.7. The van der Waals surface area contributed by atoms with Gasteiger partial charge in [0.1, 0.15) is 0 Å². The molecular formula is C10H22ClNO2. The fourth-order valence-electron chi connectivity index (χ4n) is 1.03. The second-order valence-corrected chi connectivity index (χ2v) is 3.17. The van der Waals surface area contributed by atoms with Crippen molar-refractivity contribution in [1.29, 1.82) is 0 Å². The first-order valence-corrected chi connectivity index (χ1v) is 5.17. The SMILES string of the molecule is CCCCCCOC(=O)CCCN.Cl. The zero-order valence-corrected chi connectivity index (χ0v) is 9.78. The average Bonchev–Trinajstić information content (AvgIpc) is 2.14. The molecule has 0 unspecified atom stereocenters. The maximum absolute atomic E-state index is 11.0. The van der Waals surface area contributed by atoms with Crippen molar-refractivity contribution in [2.24, 2.45) is 5.73 Å². The molecule has 0 bridgehead atoms. The maximum atomic E-state index is 11.0. The van der Waals surface area contributed by atoms with Crippen molar-refractivity contribution in [2.75, 3.05) is 13.2 Å². The van der Waals surface area contributed by atoms with Gasteiger partial charge < -0.3 is 10.5 Å². The van der Waals surface area contributed by atoms with E-state index >= 15 is 0 Å². The number of esters is 1. The van der Waals surface area contributed by atoms with Crippen LogP contribution in [0.25, 0.3) is 0 Å². The third-order valence-electron chi connectivity index (χ3n) is 1.85. The number of rotatable bonds is 8. The molecule has 0 aromatic rings. The minimum atomic E-state index is -0.109. The lowest BCUT2D eigenvalue weighted by Crippen LogP contribution is -2.08. The summed E-state index contributed by atoms with van der Waals surface area (Å²) < 4.78 is 5.00. The fourth-order valence-corrected chi connectivity index (χ4v) is 1.03. The van der Waals surface area contributed by atoms with Gasteiger partial charge in [0.2, 0.25) is 0 Å². The lowest BCUT2D eigenvalue weighted by atomic mass is 10.2. The van der Waals surface area contributed by atoms with Gasteiger partial charge >= 0.3 is 5.97 Å². The van der Waals surface area contributed by atoms with E-state index in [0.29, 0.717) is 19.6 Å². The summed E-state index contributed by atoms with van der Waals surface area (Å²) in [5.74, 6) is -0.109. The van der Waals surface area contributed by atoms with Crippen LogP contribution in [0.2, 0.25) is 0 Å². The predicted octanol–water partition coefficient (Wildman–Crippen LogP) is 2.27. The summed E-state index contributed by atoms with van der Waals surface area (Å²) in [7, 11) is 0. The average molecular weight is 224 g/mol. The zero-order chi connectivity index (χ0) is 9.94. The van der Waals surface area contributed by atoms with E-state index in [9.17, 15) is 4.79 Å². The number of carbonyl (C=O) groups excluding carboxylic acids is 1. The number of hydrogen-bond acceptors (Lipinski definition) is 3. The van der Waals surface area contributed by atoms with Crippen molar-refractivity contribution in [3.8, 4) is 0 Å². The molecule has 0 aromatic carbocycles. The summed E-state index contributed by atoms with van der Waals surface area (Å²) in [6.45, 7) is 3.29. The summed E-state index contributed by atoms with van der Waals surface area (Å²) in [5.41, 5.74) is 5.26. The Labute approximate surface area is 92.8 Å². The van der Waals surface area contributed by atoms with Crippen molar-refractivity contribution in [1.82, 2.24) is 0 Å². The minimum Gasteiger partial charge on any atom is -0.466 e. The number of unbranched alkanes of at least 4 members (excludes halogenated alkanes) is 3. The molecule has 0 aromatic heterocycles. The highest BCUT2D eigenvalue weighted by molar-refractivity contribution is 5.85. The topological polar surface area (TPSA) is 52.3 Å². The summed E-state index contributed by atoms with van der Waals surface area (Å²) in [6.07, 6.45) is 5.77. The Hall–Kier alpha value is -0.280. The van der Waals surface area contributed by atoms with Crippen LogP contribution in [0, 0.1) is 0 Å². The van der Waals surface area contributed by atoms with E-state index in [0.717, 1.165) is 19.3 Å². The molecule has 0 amide bonds. The normalized spacial score (nSPS) is 9.29. The van der Waals surface area contributed by atoms with E-state index in [1.165, 1.54) is 12.8 Å². The first-order chi connectivity index (χ1) is 6.31. The summed E-state index contributed by atoms with van der Waals surface area (Å²) in [4.78, 5) is 11.0. The van der Waals surface area contributed by atoms with Gasteiger partial charge in [-0.1, -0.05) is 26.2 Å². The molecule has 0 aliphatic heterocycles. The van der Waals surface area contributed by atoms with E-state index in [1.54, 1.807) is 0 Å². The molecule has 0 atom stereocenters. The first-order valence-electron chi connectivity index (χ1n) is 5.17. The van der Waals surface area contributed by atoms with Crippen molar-refractivity contribution in [3.05, 3.63) is 0 Å². The van der Waals surface area contributed by atoms with E-state index < -0.39 is 0 Å². The highest BCUT2D eigenvalue weighted by atomic mass is 35.5. The van der Waals surface area contributed by atoms with Gasteiger partial charge in [0.15, 0.2) is 0 Å². The van der Waals surface area contributed by atoms with E-state index in [2.05, 4.69) is 6.92 Å². The highest BCUT2D eigenvalue weighted by Crippen LogP contribution is 2.00. The smallest absolute Gasteiger partial charge is 0.305 e. The Morgan fingerprint density at radius 1 is 1.21 bits per heavy atom. The molecule has 14 heavy (non-hydrogen) atoms.